The lowest BCUT2D eigenvalue weighted by molar-refractivity contribution is 0.0929. The number of hydrogen-bond donors (Lipinski definition) is 1. The smallest absolute Gasteiger partial charge is 0.251 e. The monoisotopic (exact) mass is 295 g/mol. The van der Waals surface area contributed by atoms with Gasteiger partial charge in [-0.3, -0.25) is 4.79 Å². The summed E-state index contributed by atoms with van der Waals surface area (Å²) < 4.78 is 0.990. The third kappa shape index (κ3) is 2.89. The highest BCUT2D eigenvalue weighted by molar-refractivity contribution is 9.10. The zero-order valence-corrected chi connectivity index (χ0v) is 11.9. The van der Waals surface area contributed by atoms with E-state index in [9.17, 15) is 4.79 Å². The first-order valence-electron chi connectivity index (χ1n) is 6.15. The number of aryl methyl sites for hydroxylation is 1. The number of nitrogens with one attached hydrogen (secondary N) is 1. The molecule has 2 unspecified atom stereocenters. The molecule has 1 N–H and O–H groups in total. The summed E-state index contributed by atoms with van der Waals surface area (Å²) in [6.45, 7) is 4.23. The van der Waals surface area contributed by atoms with Gasteiger partial charge in [0.05, 0.1) is 0 Å². The van der Waals surface area contributed by atoms with E-state index in [-0.39, 0.29) is 5.91 Å². The molecule has 0 heterocycles. The molecule has 17 heavy (non-hydrogen) atoms. The Balaban J connectivity index is 2.06. The van der Waals surface area contributed by atoms with Crippen molar-refractivity contribution in [1.82, 2.24) is 5.32 Å². The van der Waals surface area contributed by atoms with Crippen LogP contribution in [0, 0.1) is 12.8 Å². The van der Waals surface area contributed by atoms with Gasteiger partial charge in [-0.2, -0.15) is 0 Å². The van der Waals surface area contributed by atoms with E-state index in [4.69, 9.17) is 0 Å². The summed E-state index contributed by atoms with van der Waals surface area (Å²) in [5, 5.41) is 3.13. The maximum absolute atomic E-state index is 12.1. The Kier molecular flexibility index (Phi) is 3.87. The van der Waals surface area contributed by atoms with Crippen molar-refractivity contribution in [3.63, 3.8) is 0 Å². The zero-order valence-electron chi connectivity index (χ0n) is 10.3. The van der Waals surface area contributed by atoms with Crippen molar-refractivity contribution < 1.29 is 4.79 Å². The average molecular weight is 296 g/mol. The normalized spacial score (nSPS) is 23.7. The van der Waals surface area contributed by atoms with Crippen molar-refractivity contribution >= 4 is 21.8 Å². The van der Waals surface area contributed by atoms with Crippen LogP contribution in [-0.4, -0.2) is 11.9 Å². The van der Waals surface area contributed by atoms with Gasteiger partial charge >= 0.3 is 0 Å². The Morgan fingerprint density at radius 3 is 2.76 bits per heavy atom. The van der Waals surface area contributed by atoms with Gasteiger partial charge in [0.15, 0.2) is 0 Å². The fraction of sp³-hybridized carbons (Fsp3) is 0.500. The van der Waals surface area contributed by atoms with Gasteiger partial charge in [0, 0.05) is 16.1 Å². The molecular weight excluding hydrogens is 278 g/mol. The van der Waals surface area contributed by atoms with Crippen LogP contribution in [0.2, 0.25) is 0 Å². The molecule has 1 aliphatic carbocycles. The molecule has 1 fully saturated rings. The van der Waals surface area contributed by atoms with Crippen LogP contribution in [0.1, 0.15) is 42.1 Å². The Bertz CT molecular complexity index is 430. The summed E-state index contributed by atoms with van der Waals surface area (Å²) in [4.78, 5) is 12.1. The molecular formula is C14H18BrNO. The molecule has 0 aromatic heterocycles. The minimum atomic E-state index is 0.0458. The Morgan fingerprint density at radius 1 is 1.41 bits per heavy atom. The van der Waals surface area contributed by atoms with E-state index in [0.29, 0.717) is 12.0 Å². The predicted molar refractivity (Wildman–Crippen MR) is 73.1 cm³/mol. The number of rotatable bonds is 2. The van der Waals surface area contributed by atoms with Gasteiger partial charge in [-0.1, -0.05) is 35.3 Å². The molecule has 1 aromatic carbocycles. The molecule has 0 bridgehead atoms. The Labute approximate surface area is 111 Å². The van der Waals surface area contributed by atoms with Crippen LogP contribution in [0.25, 0.3) is 0 Å². The number of carbonyl (C=O) groups excluding carboxylic acids is 1. The lowest BCUT2D eigenvalue weighted by atomic mass is 10.1. The van der Waals surface area contributed by atoms with Gasteiger partial charge in [0.2, 0.25) is 0 Å². The van der Waals surface area contributed by atoms with Crippen LogP contribution < -0.4 is 5.32 Å². The third-order valence-electron chi connectivity index (χ3n) is 3.61. The average Bonchev–Trinajstić information content (AvgIpc) is 2.68. The highest BCUT2D eigenvalue weighted by Gasteiger charge is 2.25. The molecule has 2 nitrogen and oxygen atoms in total. The van der Waals surface area contributed by atoms with E-state index < -0.39 is 0 Å². The first kappa shape index (κ1) is 12.6. The predicted octanol–water partition coefficient (Wildman–Crippen LogP) is 3.68. The van der Waals surface area contributed by atoms with Crippen LogP contribution in [0.5, 0.6) is 0 Å². The van der Waals surface area contributed by atoms with Gasteiger partial charge in [0.1, 0.15) is 0 Å². The van der Waals surface area contributed by atoms with E-state index in [2.05, 4.69) is 28.2 Å². The van der Waals surface area contributed by atoms with Crippen LogP contribution in [0.3, 0.4) is 0 Å². The van der Waals surface area contributed by atoms with E-state index >= 15 is 0 Å². The summed E-state index contributed by atoms with van der Waals surface area (Å²) in [6, 6.07) is 6.10. The quantitative estimate of drug-likeness (QED) is 0.886. The van der Waals surface area contributed by atoms with Gasteiger partial charge in [0.25, 0.3) is 5.91 Å². The van der Waals surface area contributed by atoms with E-state index in [1.165, 1.54) is 12.8 Å². The SMILES string of the molecule is Cc1ccc(C(=O)NC2CCCC2C)cc1Br. The van der Waals surface area contributed by atoms with Crippen molar-refractivity contribution in [3.05, 3.63) is 33.8 Å². The van der Waals surface area contributed by atoms with Crippen molar-refractivity contribution in [2.24, 2.45) is 5.92 Å². The maximum atomic E-state index is 12.1. The molecule has 0 spiro atoms. The lowest BCUT2D eigenvalue weighted by Gasteiger charge is -2.17. The standard InChI is InChI=1S/C14H18BrNO/c1-9-6-7-11(8-12(9)15)14(17)16-13-5-3-4-10(13)2/h6-8,10,13H,3-5H2,1-2H3,(H,16,17). The molecule has 1 aliphatic rings. The molecule has 0 radical (unpaired) electrons. The second-order valence-corrected chi connectivity index (χ2v) is 5.81. The lowest BCUT2D eigenvalue weighted by Crippen LogP contribution is -2.36. The number of halogens is 1. The number of carbonyl (C=O) groups is 1. The Morgan fingerprint density at radius 2 is 2.18 bits per heavy atom. The minimum Gasteiger partial charge on any atom is -0.349 e. The van der Waals surface area contributed by atoms with Crippen LogP contribution in [0.15, 0.2) is 22.7 Å². The fourth-order valence-electron chi connectivity index (χ4n) is 2.35. The van der Waals surface area contributed by atoms with Crippen molar-refractivity contribution in [3.8, 4) is 0 Å². The molecule has 92 valence electrons. The number of amides is 1. The number of benzene rings is 1. The minimum absolute atomic E-state index is 0.0458. The third-order valence-corrected chi connectivity index (χ3v) is 4.47. The molecule has 0 saturated heterocycles. The number of hydrogen-bond acceptors (Lipinski definition) is 1. The van der Waals surface area contributed by atoms with Gasteiger partial charge in [-0.25, -0.2) is 0 Å². The molecule has 1 aromatic rings. The van der Waals surface area contributed by atoms with E-state index in [0.717, 1.165) is 22.0 Å². The maximum Gasteiger partial charge on any atom is 0.251 e. The molecule has 3 heteroatoms. The topological polar surface area (TPSA) is 29.1 Å². The Hall–Kier alpha value is -0.830. The summed E-state index contributed by atoms with van der Waals surface area (Å²) >= 11 is 3.46. The largest absolute Gasteiger partial charge is 0.349 e. The summed E-state index contributed by atoms with van der Waals surface area (Å²) in [5.74, 6) is 0.650. The van der Waals surface area contributed by atoms with Crippen molar-refractivity contribution in [1.29, 1.82) is 0 Å². The van der Waals surface area contributed by atoms with Gasteiger partial charge in [-0.05, 0) is 43.4 Å². The second-order valence-electron chi connectivity index (χ2n) is 4.95. The first-order valence-corrected chi connectivity index (χ1v) is 6.94. The summed E-state index contributed by atoms with van der Waals surface area (Å²) in [5.41, 5.74) is 1.89. The zero-order chi connectivity index (χ0) is 12.4. The van der Waals surface area contributed by atoms with E-state index in [1.807, 2.05) is 25.1 Å². The summed E-state index contributed by atoms with van der Waals surface area (Å²) in [7, 11) is 0. The van der Waals surface area contributed by atoms with Crippen LogP contribution in [0.4, 0.5) is 0 Å². The van der Waals surface area contributed by atoms with Gasteiger partial charge < -0.3 is 5.32 Å². The van der Waals surface area contributed by atoms with Crippen molar-refractivity contribution in [2.75, 3.05) is 0 Å². The molecule has 0 aliphatic heterocycles. The second kappa shape index (κ2) is 5.21. The molecule has 2 atom stereocenters. The summed E-state index contributed by atoms with van der Waals surface area (Å²) in [6.07, 6.45) is 3.56. The highest BCUT2D eigenvalue weighted by atomic mass is 79.9. The van der Waals surface area contributed by atoms with E-state index in [1.54, 1.807) is 0 Å². The van der Waals surface area contributed by atoms with Crippen LogP contribution >= 0.6 is 15.9 Å². The molecule has 1 amide bonds. The fourth-order valence-corrected chi connectivity index (χ4v) is 2.72. The van der Waals surface area contributed by atoms with Crippen LogP contribution in [-0.2, 0) is 0 Å². The van der Waals surface area contributed by atoms with Gasteiger partial charge in [-0.15, -0.1) is 0 Å². The first-order chi connectivity index (χ1) is 8.08. The molecule has 1 saturated carbocycles. The highest BCUT2D eigenvalue weighted by Crippen LogP contribution is 2.25. The molecule has 2 rings (SSSR count). The van der Waals surface area contributed by atoms with Crippen molar-refractivity contribution in [2.45, 2.75) is 39.2 Å².